The first-order valence-corrected chi connectivity index (χ1v) is 8.46. The zero-order valence-corrected chi connectivity index (χ0v) is 14.2. The van der Waals surface area contributed by atoms with E-state index in [1.807, 2.05) is 0 Å². The van der Waals surface area contributed by atoms with Crippen LogP contribution in [0.15, 0.2) is 36.9 Å². The highest BCUT2D eigenvalue weighted by molar-refractivity contribution is 5.91. The molecule has 1 fully saturated rings. The van der Waals surface area contributed by atoms with Crippen molar-refractivity contribution in [2.24, 2.45) is 0 Å². The van der Waals surface area contributed by atoms with E-state index in [4.69, 9.17) is 4.74 Å². The van der Waals surface area contributed by atoms with Gasteiger partial charge in [0.15, 0.2) is 6.61 Å². The fourth-order valence-corrected chi connectivity index (χ4v) is 3.03. The third-order valence-corrected chi connectivity index (χ3v) is 4.42. The molecule has 26 heavy (non-hydrogen) atoms. The lowest BCUT2D eigenvalue weighted by molar-refractivity contribution is -0.125. The van der Waals surface area contributed by atoms with Crippen molar-refractivity contribution in [2.75, 3.05) is 6.61 Å². The monoisotopic (exact) mass is 353 g/mol. The summed E-state index contributed by atoms with van der Waals surface area (Å²) in [6.45, 7) is -0.410. The van der Waals surface area contributed by atoms with Crippen LogP contribution < -0.4 is 5.32 Å². The molecule has 1 amide bonds. The number of aromatic nitrogens is 3. The quantitative estimate of drug-likeness (QED) is 0.820. The van der Waals surface area contributed by atoms with Gasteiger partial charge >= 0.3 is 5.97 Å². The summed E-state index contributed by atoms with van der Waals surface area (Å²) >= 11 is 0. The first-order chi connectivity index (χ1) is 12.6. The topological polar surface area (TPSA) is 110 Å². The second kappa shape index (κ2) is 7.78. The molecule has 134 valence electrons. The number of nitrogens with zero attached hydrogens (tertiary/aromatic N) is 4. The van der Waals surface area contributed by atoms with Crippen molar-refractivity contribution in [1.29, 1.82) is 5.26 Å². The summed E-state index contributed by atoms with van der Waals surface area (Å²) in [6.07, 6.45) is 7.12. The van der Waals surface area contributed by atoms with Crippen LogP contribution in [0.3, 0.4) is 0 Å². The van der Waals surface area contributed by atoms with Crippen molar-refractivity contribution in [3.8, 4) is 11.8 Å². The molecule has 0 saturated heterocycles. The normalized spacial score (nSPS) is 15.7. The Balaban J connectivity index is 1.53. The van der Waals surface area contributed by atoms with Crippen LogP contribution in [0.5, 0.6) is 0 Å². The molecule has 1 saturated carbocycles. The Bertz CT molecular complexity index is 802. The molecule has 0 unspecified atom stereocenters. The highest BCUT2D eigenvalue weighted by Gasteiger charge is 2.33. The van der Waals surface area contributed by atoms with Gasteiger partial charge in [0.1, 0.15) is 18.2 Å². The first kappa shape index (κ1) is 17.6. The zero-order chi connectivity index (χ0) is 18.4. The van der Waals surface area contributed by atoms with Crippen LogP contribution in [0.4, 0.5) is 0 Å². The van der Waals surface area contributed by atoms with Crippen LogP contribution in [0.2, 0.25) is 0 Å². The lowest BCUT2D eigenvalue weighted by Gasteiger charge is -2.31. The molecule has 1 aromatic carbocycles. The van der Waals surface area contributed by atoms with Crippen molar-refractivity contribution in [3.63, 3.8) is 0 Å². The van der Waals surface area contributed by atoms with Crippen LogP contribution in [0.1, 0.15) is 42.5 Å². The van der Waals surface area contributed by atoms with Gasteiger partial charge in [-0.2, -0.15) is 10.4 Å². The lowest BCUT2D eigenvalue weighted by Crippen LogP contribution is -2.50. The van der Waals surface area contributed by atoms with Crippen molar-refractivity contribution in [3.05, 3.63) is 42.5 Å². The molecular weight excluding hydrogens is 334 g/mol. The second-order valence-electron chi connectivity index (χ2n) is 6.27. The van der Waals surface area contributed by atoms with Gasteiger partial charge in [-0.05, 0) is 37.1 Å². The van der Waals surface area contributed by atoms with Crippen molar-refractivity contribution in [2.45, 2.75) is 37.6 Å². The number of hydrogen-bond donors (Lipinski definition) is 1. The number of amides is 1. The number of nitriles is 1. The van der Waals surface area contributed by atoms with E-state index in [0.29, 0.717) is 18.4 Å². The molecule has 1 N–H and O–H groups in total. The van der Waals surface area contributed by atoms with E-state index in [1.165, 1.54) is 6.33 Å². The summed E-state index contributed by atoms with van der Waals surface area (Å²) < 4.78 is 6.62. The highest BCUT2D eigenvalue weighted by atomic mass is 16.5. The van der Waals surface area contributed by atoms with Gasteiger partial charge in [0.2, 0.25) is 0 Å². The zero-order valence-electron chi connectivity index (χ0n) is 14.2. The molecule has 8 heteroatoms. The van der Waals surface area contributed by atoms with Crippen LogP contribution in [-0.2, 0) is 9.53 Å². The molecule has 8 nitrogen and oxygen atoms in total. The van der Waals surface area contributed by atoms with Crippen LogP contribution >= 0.6 is 0 Å². The molecule has 0 aliphatic heterocycles. The number of nitrogens with one attached hydrogen (secondary N) is 1. The number of carbonyl (C=O) groups excluding carboxylic acids is 2. The smallest absolute Gasteiger partial charge is 0.338 e. The fraction of sp³-hybridized carbons (Fsp3) is 0.389. The Hall–Kier alpha value is -3.21. The predicted molar refractivity (Wildman–Crippen MR) is 91.2 cm³/mol. The summed E-state index contributed by atoms with van der Waals surface area (Å²) in [5.41, 5.74) is 0.251. The maximum absolute atomic E-state index is 12.1. The number of carbonyl (C=O) groups is 2. The summed E-state index contributed by atoms with van der Waals surface area (Å²) in [6, 6.07) is 8.80. The molecule has 1 aliphatic carbocycles. The van der Waals surface area contributed by atoms with Crippen LogP contribution in [0.25, 0.3) is 5.69 Å². The number of hydrogen-bond acceptors (Lipinski definition) is 6. The van der Waals surface area contributed by atoms with E-state index in [-0.39, 0.29) is 0 Å². The van der Waals surface area contributed by atoms with E-state index in [0.717, 1.165) is 24.9 Å². The molecule has 1 aliphatic rings. The minimum atomic E-state index is -0.832. The number of benzene rings is 1. The molecule has 1 aromatic heterocycles. The van der Waals surface area contributed by atoms with Gasteiger partial charge in [-0.1, -0.05) is 19.3 Å². The number of rotatable bonds is 5. The van der Waals surface area contributed by atoms with Gasteiger partial charge in [-0.25, -0.2) is 14.5 Å². The van der Waals surface area contributed by atoms with Gasteiger partial charge < -0.3 is 10.1 Å². The SMILES string of the molecule is N#CC1(NC(=O)COC(=O)c2ccc(-n3cncn3)cc2)CCCCC1. The summed E-state index contributed by atoms with van der Waals surface area (Å²) in [5, 5.41) is 16.1. The molecule has 3 rings (SSSR count). The predicted octanol–water partition coefficient (Wildman–Crippen LogP) is 1.77. The Morgan fingerprint density at radius 1 is 1.23 bits per heavy atom. The summed E-state index contributed by atoms with van der Waals surface area (Å²) in [4.78, 5) is 28.0. The van der Waals surface area contributed by atoms with E-state index in [1.54, 1.807) is 35.3 Å². The third-order valence-electron chi connectivity index (χ3n) is 4.42. The fourth-order valence-electron chi connectivity index (χ4n) is 3.03. The largest absolute Gasteiger partial charge is 0.452 e. The first-order valence-electron chi connectivity index (χ1n) is 8.46. The Morgan fingerprint density at radius 3 is 2.58 bits per heavy atom. The molecule has 2 aromatic rings. The Morgan fingerprint density at radius 2 is 1.96 bits per heavy atom. The van der Waals surface area contributed by atoms with Gasteiger partial charge in [0.25, 0.3) is 5.91 Å². The minimum Gasteiger partial charge on any atom is -0.452 e. The molecule has 0 spiro atoms. The summed E-state index contributed by atoms with van der Waals surface area (Å²) in [7, 11) is 0. The van der Waals surface area contributed by atoms with Crippen molar-refractivity contribution in [1.82, 2.24) is 20.1 Å². The average Bonchev–Trinajstić information content (AvgIpc) is 3.22. The standard InChI is InChI=1S/C18H19N5O3/c19-11-18(8-2-1-3-9-18)22-16(24)10-26-17(25)14-4-6-15(7-5-14)23-13-20-12-21-23/h4-7,12-13H,1-3,8-10H2,(H,22,24). The summed E-state index contributed by atoms with van der Waals surface area (Å²) in [5.74, 6) is -1.05. The van der Waals surface area contributed by atoms with E-state index in [9.17, 15) is 14.9 Å². The molecule has 1 heterocycles. The van der Waals surface area contributed by atoms with Crippen LogP contribution in [-0.4, -0.2) is 38.8 Å². The van der Waals surface area contributed by atoms with Crippen molar-refractivity contribution < 1.29 is 14.3 Å². The van der Waals surface area contributed by atoms with Crippen LogP contribution in [0, 0.1) is 11.3 Å². The second-order valence-corrected chi connectivity index (χ2v) is 6.27. The van der Waals surface area contributed by atoms with Gasteiger partial charge in [0, 0.05) is 0 Å². The Kier molecular flexibility index (Phi) is 5.27. The maximum Gasteiger partial charge on any atom is 0.338 e. The third kappa shape index (κ3) is 4.06. The van der Waals surface area contributed by atoms with Gasteiger partial charge in [0.05, 0.1) is 17.3 Å². The van der Waals surface area contributed by atoms with Gasteiger partial charge in [-0.3, -0.25) is 4.79 Å². The highest BCUT2D eigenvalue weighted by Crippen LogP contribution is 2.27. The number of ether oxygens (including phenoxy) is 1. The Labute approximate surface area is 150 Å². The number of esters is 1. The van der Waals surface area contributed by atoms with Gasteiger partial charge in [-0.15, -0.1) is 0 Å². The molecule has 0 radical (unpaired) electrons. The minimum absolute atomic E-state index is 0.328. The molecule has 0 atom stereocenters. The van der Waals surface area contributed by atoms with Crippen molar-refractivity contribution >= 4 is 11.9 Å². The van der Waals surface area contributed by atoms with E-state index < -0.39 is 24.0 Å². The molecular formula is C18H19N5O3. The molecule has 0 bridgehead atoms. The average molecular weight is 353 g/mol. The van der Waals surface area contributed by atoms with E-state index >= 15 is 0 Å². The maximum atomic E-state index is 12.1. The van der Waals surface area contributed by atoms with E-state index in [2.05, 4.69) is 21.5 Å². The lowest BCUT2D eigenvalue weighted by atomic mass is 9.83.